The van der Waals surface area contributed by atoms with Gasteiger partial charge in [-0.15, -0.1) is 0 Å². The van der Waals surface area contributed by atoms with Crippen LogP contribution in [0.15, 0.2) is 60.9 Å². The van der Waals surface area contributed by atoms with Gasteiger partial charge in [-0.1, -0.05) is 36.5 Å². The van der Waals surface area contributed by atoms with Crippen molar-refractivity contribution < 1.29 is 9.53 Å². The van der Waals surface area contributed by atoms with Gasteiger partial charge in [0.2, 0.25) is 0 Å². The number of hydrogen-bond acceptors (Lipinski definition) is 2. The fourth-order valence-corrected chi connectivity index (χ4v) is 0.823. The highest BCUT2D eigenvalue weighted by Gasteiger charge is 1.85. The van der Waals surface area contributed by atoms with E-state index in [1.807, 2.05) is 30.4 Å². The number of rotatable bonds is 0. The van der Waals surface area contributed by atoms with E-state index in [1.165, 1.54) is 18.4 Å². The molecular formula is C12H12O2. The minimum Gasteiger partial charge on any atom is -0.497 e. The molecule has 0 aromatic rings. The number of carbonyl (C=O) groups excluding carboxylic acids is 1. The maximum atomic E-state index is 11.1. The largest absolute Gasteiger partial charge is 0.497 e. The molecule has 0 radical (unpaired) electrons. The van der Waals surface area contributed by atoms with Crippen LogP contribution < -0.4 is 0 Å². The fourth-order valence-electron chi connectivity index (χ4n) is 0.823. The monoisotopic (exact) mass is 188 g/mol. The first-order valence-electron chi connectivity index (χ1n) is 4.38. The standard InChI is InChI=1S/C12H12O2/c13-12-8-6-4-2-1-3-5-7-10-14-11-9-12/h1-9,11H,10H2. The SMILES string of the molecule is O=C1C=CC=CC=CC=CCOC=C1. The highest BCUT2D eigenvalue weighted by Crippen LogP contribution is 1.88. The topological polar surface area (TPSA) is 26.3 Å². The van der Waals surface area contributed by atoms with Gasteiger partial charge >= 0.3 is 0 Å². The summed E-state index contributed by atoms with van der Waals surface area (Å²) in [7, 11) is 0. The zero-order chi connectivity index (χ0) is 10.1. The molecule has 72 valence electrons. The number of ether oxygens (including phenoxy) is 1. The summed E-state index contributed by atoms with van der Waals surface area (Å²) in [5.41, 5.74) is 0. The lowest BCUT2D eigenvalue weighted by atomic mass is 10.3. The van der Waals surface area contributed by atoms with E-state index < -0.39 is 0 Å². The van der Waals surface area contributed by atoms with E-state index in [0.29, 0.717) is 6.61 Å². The zero-order valence-electron chi connectivity index (χ0n) is 7.80. The van der Waals surface area contributed by atoms with Crippen LogP contribution in [0.2, 0.25) is 0 Å². The lowest BCUT2D eigenvalue weighted by molar-refractivity contribution is -0.110. The molecule has 0 aromatic heterocycles. The summed E-state index contributed by atoms with van der Waals surface area (Å²) in [6.07, 6.45) is 17.2. The molecule has 0 saturated heterocycles. The van der Waals surface area contributed by atoms with Gasteiger partial charge in [0.15, 0.2) is 5.78 Å². The first-order valence-corrected chi connectivity index (χ1v) is 4.38. The van der Waals surface area contributed by atoms with Crippen molar-refractivity contribution in [1.82, 2.24) is 0 Å². The van der Waals surface area contributed by atoms with Crippen molar-refractivity contribution >= 4 is 5.78 Å². The van der Waals surface area contributed by atoms with Crippen LogP contribution in [0.4, 0.5) is 0 Å². The Balaban J connectivity index is 2.65. The van der Waals surface area contributed by atoms with E-state index in [1.54, 1.807) is 12.2 Å². The van der Waals surface area contributed by atoms with Crippen molar-refractivity contribution in [3.8, 4) is 0 Å². The molecule has 1 aliphatic rings. The average Bonchev–Trinajstić information content (AvgIpc) is 2.20. The summed E-state index contributed by atoms with van der Waals surface area (Å²) in [4.78, 5) is 11.1. The number of ketones is 1. The van der Waals surface area contributed by atoms with Gasteiger partial charge in [-0.2, -0.15) is 0 Å². The summed E-state index contributed by atoms with van der Waals surface area (Å²) in [6, 6.07) is 0. The third-order valence-electron chi connectivity index (χ3n) is 1.47. The van der Waals surface area contributed by atoms with E-state index in [0.717, 1.165) is 0 Å². The van der Waals surface area contributed by atoms with Gasteiger partial charge in [0.25, 0.3) is 0 Å². The molecule has 0 bridgehead atoms. The van der Waals surface area contributed by atoms with Crippen molar-refractivity contribution in [3.05, 3.63) is 60.9 Å². The van der Waals surface area contributed by atoms with Gasteiger partial charge in [0.1, 0.15) is 6.61 Å². The molecule has 0 aliphatic carbocycles. The molecule has 1 aliphatic heterocycles. The molecule has 2 heteroatoms. The molecule has 0 atom stereocenters. The number of carbonyl (C=O) groups is 1. The van der Waals surface area contributed by atoms with Crippen LogP contribution in [0.25, 0.3) is 0 Å². The summed E-state index contributed by atoms with van der Waals surface area (Å²) in [5.74, 6) is -0.0816. The maximum Gasteiger partial charge on any atom is 0.181 e. The summed E-state index contributed by atoms with van der Waals surface area (Å²) in [6.45, 7) is 0.474. The van der Waals surface area contributed by atoms with Crippen LogP contribution in [0.1, 0.15) is 0 Å². The second kappa shape index (κ2) is 6.66. The summed E-state index contributed by atoms with van der Waals surface area (Å²) >= 11 is 0. The average molecular weight is 188 g/mol. The molecule has 0 amide bonds. The fraction of sp³-hybridized carbons (Fsp3) is 0.0833. The van der Waals surface area contributed by atoms with Gasteiger partial charge in [-0.25, -0.2) is 0 Å². The van der Waals surface area contributed by atoms with Crippen molar-refractivity contribution in [2.24, 2.45) is 0 Å². The van der Waals surface area contributed by atoms with E-state index >= 15 is 0 Å². The Bertz CT molecular complexity index is 317. The Morgan fingerprint density at radius 2 is 1.64 bits per heavy atom. The highest BCUT2D eigenvalue weighted by molar-refractivity contribution is 5.99. The van der Waals surface area contributed by atoms with Crippen LogP contribution in [0.3, 0.4) is 0 Å². The molecule has 1 heterocycles. The van der Waals surface area contributed by atoms with Crippen LogP contribution in [-0.2, 0) is 9.53 Å². The van der Waals surface area contributed by atoms with E-state index in [2.05, 4.69) is 0 Å². The van der Waals surface area contributed by atoms with Gasteiger partial charge in [0, 0.05) is 6.08 Å². The van der Waals surface area contributed by atoms with Gasteiger partial charge in [-0.3, -0.25) is 4.79 Å². The zero-order valence-corrected chi connectivity index (χ0v) is 7.80. The third kappa shape index (κ3) is 4.93. The molecule has 1 rings (SSSR count). The first kappa shape index (κ1) is 10.3. The quantitative estimate of drug-likeness (QED) is 0.583. The molecule has 0 unspecified atom stereocenters. The Morgan fingerprint density at radius 3 is 2.50 bits per heavy atom. The molecular weight excluding hydrogens is 176 g/mol. The lowest BCUT2D eigenvalue weighted by Gasteiger charge is -1.91. The van der Waals surface area contributed by atoms with Crippen LogP contribution in [-0.4, -0.2) is 12.4 Å². The predicted molar refractivity (Wildman–Crippen MR) is 56.7 cm³/mol. The van der Waals surface area contributed by atoms with E-state index in [4.69, 9.17) is 4.74 Å². The molecule has 2 nitrogen and oxygen atoms in total. The molecule has 0 spiro atoms. The van der Waals surface area contributed by atoms with Crippen LogP contribution >= 0.6 is 0 Å². The molecule has 0 aromatic carbocycles. The molecule has 0 fully saturated rings. The van der Waals surface area contributed by atoms with Crippen molar-refractivity contribution in [2.45, 2.75) is 0 Å². The van der Waals surface area contributed by atoms with Crippen molar-refractivity contribution in [2.75, 3.05) is 6.61 Å². The maximum absolute atomic E-state index is 11.1. The normalized spacial score (nSPS) is 17.0. The summed E-state index contributed by atoms with van der Waals surface area (Å²) < 4.78 is 5.04. The Kier molecular flexibility index (Phi) is 4.88. The van der Waals surface area contributed by atoms with E-state index in [-0.39, 0.29) is 5.78 Å². The molecule has 0 N–H and O–H groups in total. The van der Waals surface area contributed by atoms with E-state index in [9.17, 15) is 4.79 Å². The molecule has 14 heavy (non-hydrogen) atoms. The lowest BCUT2D eigenvalue weighted by Crippen LogP contribution is -1.86. The summed E-state index contributed by atoms with van der Waals surface area (Å²) in [5, 5.41) is 0. The van der Waals surface area contributed by atoms with Gasteiger partial charge in [-0.05, 0) is 12.2 Å². The van der Waals surface area contributed by atoms with Crippen LogP contribution in [0.5, 0.6) is 0 Å². The Labute approximate surface area is 83.6 Å². The van der Waals surface area contributed by atoms with Crippen molar-refractivity contribution in [1.29, 1.82) is 0 Å². The highest BCUT2D eigenvalue weighted by atomic mass is 16.5. The van der Waals surface area contributed by atoms with Gasteiger partial charge in [0.05, 0.1) is 6.26 Å². The Morgan fingerprint density at radius 1 is 0.929 bits per heavy atom. The van der Waals surface area contributed by atoms with Crippen molar-refractivity contribution in [3.63, 3.8) is 0 Å². The van der Waals surface area contributed by atoms with Crippen LogP contribution in [0, 0.1) is 0 Å². The predicted octanol–water partition coefficient (Wildman–Crippen LogP) is 2.32. The molecule has 0 saturated carbocycles. The third-order valence-corrected chi connectivity index (χ3v) is 1.47. The minimum absolute atomic E-state index is 0.0816. The number of allylic oxidation sites excluding steroid dienone is 8. The minimum atomic E-state index is -0.0816. The first-order chi connectivity index (χ1) is 6.89. The number of hydrogen-bond donors (Lipinski definition) is 0. The smallest absolute Gasteiger partial charge is 0.181 e. The second-order valence-corrected chi connectivity index (χ2v) is 2.60. The second-order valence-electron chi connectivity index (χ2n) is 2.60. The van der Waals surface area contributed by atoms with Gasteiger partial charge < -0.3 is 4.74 Å². The Hall–Kier alpha value is -1.83.